The van der Waals surface area contributed by atoms with Gasteiger partial charge in [-0.3, -0.25) is 0 Å². The molecule has 0 aliphatic heterocycles. The van der Waals surface area contributed by atoms with E-state index in [-0.39, 0.29) is 5.56 Å². The fourth-order valence-corrected chi connectivity index (χ4v) is 1.50. The second-order valence-electron chi connectivity index (χ2n) is 3.77. The molecule has 0 aliphatic rings. The third kappa shape index (κ3) is 3.67. The van der Waals surface area contributed by atoms with Crippen LogP contribution in [0.25, 0.3) is 0 Å². The molecule has 6 heteroatoms. The monoisotopic (exact) mass is 250 g/mol. The summed E-state index contributed by atoms with van der Waals surface area (Å²) in [6.07, 6.45) is -3.50. The quantitative estimate of drug-likeness (QED) is 0.807. The van der Waals surface area contributed by atoms with Gasteiger partial charge in [0.2, 0.25) is 0 Å². The predicted molar refractivity (Wildman–Crippen MR) is 56.6 cm³/mol. The summed E-state index contributed by atoms with van der Waals surface area (Å²) in [6, 6.07) is 1.76. The van der Waals surface area contributed by atoms with E-state index >= 15 is 0 Å². The van der Waals surface area contributed by atoms with Gasteiger partial charge in [0.25, 0.3) is 0 Å². The van der Waals surface area contributed by atoms with Crippen molar-refractivity contribution in [2.75, 3.05) is 6.54 Å². The van der Waals surface area contributed by atoms with E-state index in [4.69, 9.17) is 11.5 Å². The zero-order valence-electron chi connectivity index (χ0n) is 9.10. The first-order valence-corrected chi connectivity index (χ1v) is 5.18. The van der Waals surface area contributed by atoms with Gasteiger partial charge >= 0.3 is 6.18 Å². The maximum atomic E-state index is 13.4. The van der Waals surface area contributed by atoms with Gasteiger partial charge < -0.3 is 11.5 Å². The molecule has 0 aliphatic carbocycles. The smallest absolute Gasteiger partial charge is 0.330 e. The van der Waals surface area contributed by atoms with Gasteiger partial charge in [0, 0.05) is 11.6 Å². The highest BCUT2D eigenvalue weighted by Gasteiger charge is 2.31. The molecule has 0 amide bonds. The zero-order chi connectivity index (χ0) is 13.1. The van der Waals surface area contributed by atoms with E-state index in [1.54, 1.807) is 0 Å². The first kappa shape index (κ1) is 13.9. The zero-order valence-corrected chi connectivity index (χ0v) is 9.10. The first-order chi connectivity index (χ1) is 7.86. The largest absolute Gasteiger partial charge is 0.416 e. The molecule has 0 aromatic heterocycles. The Bertz CT molecular complexity index is 376. The van der Waals surface area contributed by atoms with Gasteiger partial charge in [0.15, 0.2) is 0 Å². The Kier molecular flexibility index (Phi) is 4.47. The van der Waals surface area contributed by atoms with Crippen molar-refractivity contribution >= 4 is 0 Å². The van der Waals surface area contributed by atoms with Crippen molar-refractivity contribution in [2.45, 2.75) is 25.1 Å². The minimum absolute atomic E-state index is 0.0893. The van der Waals surface area contributed by atoms with Crippen molar-refractivity contribution in [1.29, 1.82) is 0 Å². The average Bonchev–Trinajstić information content (AvgIpc) is 2.24. The van der Waals surface area contributed by atoms with Crippen molar-refractivity contribution in [2.24, 2.45) is 11.5 Å². The molecule has 0 bridgehead atoms. The van der Waals surface area contributed by atoms with E-state index in [1.807, 2.05) is 0 Å². The van der Waals surface area contributed by atoms with Gasteiger partial charge in [-0.25, -0.2) is 4.39 Å². The van der Waals surface area contributed by atoms with Crippen LogP contribution in [0.2, 0.25) is 0 Å². The normalized spacial score (nSPS) is 13.8. The summed E-state index contributed by atoms with van der Waals surface area (Å²) >= 11 is 0. The third-order valence-corrected chi connectivity index (χ3v) is 2.45. The molecule has 0 radical (unpaired) electrons. The summed E-state index contributed by atoms with van der Waals surface area (Å²) in [4.78, 5) is 0. The molecule has 96 valence electrons. The maximum absolute atomic E-state index is 13.4. The topological polar surface area (TPSA) is 52.0 Å². The minimum Gasteiger partial charge on any atom is -0.330 e. The lowest BCUT2D eigenvalue weighted by Crippen LogP contribution is -2.15. The number of rotatable bonds is 4. The fourth-order valence-electron chi connectivity index (χ4n) is 1.50. The summed E-state index contributed by atoms with van der Waals surface area (Å²) in [6.45, 7) is 0.413. The molecule has 1 atom stereocenters. The molecule has 0 unspecified atom stereocenters. The third-order valence-electron chi connectivity index (χ3n) is 2.45. The van der Waals surface area contributed by atoms with Crippen molar-refractivity contribution < 1.29 is 17.6 Å². The van der Waals surface area contributed by atoms with E-state index in [9.17, 15) is 17.6 Å². The van der Waals surface area contributed by atoms with E-state index in [0.29, 0.717) is 25.5 Å². The van der Waals surface area contributed by atoms with Crippen LogP contribution in [0.1, 0.15) is 30.0 Å². The van der Waals surface area contributed by atoms with Gasteiger partial charge in [-0.1, -0.05) is 6.07 Å². The molecular formula is C11H14F4N2. The molecule has 17 heavy (non-hydrogen) atoms. The molecule has 0 fully saturated rings. The Morgan fingerprint density at radius 1 is 1.24 bits per heavy atom. The standard InChI is InChI=1S/C11H14F4N2/c12-9-6-7(11(13,14)15)3-4-8(9)10(17)2-1-5-16/h3-4,6,10H,1-2,5,16-17H2/t10-/m0/s1. The van der Waals surface area contributed by atoms with Crippen LogP contribution in [-0.2, 0) is 6.18 Å². The van der Waals surface area contributed by atoms with Crippen molar-refractivity contribution in [3.8, 4) is 0 Å². The number of halogens is 4. The van der Waals surface area contributed by atoms with Crippen molar-refractivity contribution in [3.63, 3.8) is 0 Å². The molecule has 4 N–H and O–H groups in total. The number of benzene rings is 1. The van der Waals surface area contributed by atoms with Gasteiger partial charge in [0.05, 0.1) is 5.56 Å². The second-order valence-corrected chi connectivity index (χ2v) is 3.77. The Morgan fingerprint density at radius 3 is 2.35 bits per heavy atom. The van der Waals surface area contributed by atoms with Crippen LogP contribution in [-0.4, -0.2) is 6.54 Å². The number of nitrogens with two attached hydrogens (primary N) is 2. The highest BCUT2D eigenvalue weighted by Crippen LogP contribution is 2.31. The van der Waals surface area contributed by atoms with Crippen LogP contribution >= 0.6 is 0 Å². The fraction of sp³-hybridized carbons (Fsp3) is 0.455. The molecule has 0 saturated heterocycles. The molecule has 1 aromatic carbocycles. The molecule has 1 aromatic rings. The van der Waals surface area contributed by atoms with Crippen LogP contribution in [0, 0.1) is 5.82 Å². The Hall–Kier alpha value is -1.14. The number of alkyl halides is 3. The summed E-state index contributed by atoms with van der Waals surface area (Å²) in [5.41, 5.74) is 10.0. The average molecular weight is 250 g/mol. The molecular weight excluding hydrogens is 236 g/mol. The van der Waals surface area contributed by atoms with Gasteiger partial charge in [-0.2, -0.15) is 13.2 Å². The first-order valence-electron chi connectivity index (χ1n) is 5.18. The lowest BCUT2D eigenvalue weighted by atomic mass is 10.0. The molecule has 1 rings (SSSR count). The van der Waals surface area contributed by atoms with Gasteiger partial charge in [-0.15, -0.1) is 0 Å². The van der Waals surface area contributed by atoms with Crippen LogP contribution in [0.5, 0.6) is 0 Å². The summed E-state index contributed by atoms with van der Waals surface area (Å²) in [7, 11) is 0. The van der Waals surface area contributed by atoms with Crippen LogP contribution in [0.3, 0.4) is 0 Å². The van der Waals surface area contributed by atoms with E-state index in [0.717, 1.165) is 12.1 Å². The van der Waals surface area contributed by atoms with Crippen LogP contribution < -0.4 is 11.5 Å². The SMILES string of the molecule is NCCC[C@H](N)c1ccc(C(F)(F)F)cc1F. The minimum atomic E-state index is -4.54. The molecule has 2 nitrogen and oxygen atoms in total. The van der Waals surface area contributed by atoms with Crippen LogP contribution in [0.15, 0.2) is 18.2 Å². The Labute approximate surface area is 96.6 Å². The molecule has 0 spiro atoms. The highest BCUT2D eigenvalue weighted by atomic mass is 19.4. The second kappa shape index (κ2) is 5.46. The summed E-state index contributed by atoms with van der Waals surface area (Å²) in [5.74, 6) is -0.927. The van der Waals surface area contributed by atoms with E-state index in [1.165, 1.54) is 0 Å². The van der Waals surface area contributed by atoms with Crippen molar-refractivity contribution in [3.05, 3.63) is 35.1 Å². The molecule has 0 heterocycles. The predicted octanol–water partition coefficient (Wildman–Crippen LogP) is 2.58. The highest BCUT2D eigenvalue weighted by molar-refractivity contribution is 5.28. The summed E-state index contributed by atoms with van der Waals surface area (Å²) < 4.78 is 50.3. The summed E-state index contributed by atoms with van der Waals surface area (Å²) in [5, 5.41) is 0. The van der Waals surface area contributed by atoms with E-state index in [2.05, 4.69) is 0 Å². The van der Waals surface area contributed by atoms with E-state index < -0.39 is 23.6 Å². The van der Waals surface area contributed by atoms with Crippen molar-refractivity contribution in [1.82, 2.24) is 0 Å². The van der Waals surface area contributed by atoms with Gasteiger partial charge in [-0.05, 0) is 31.5 Å². The Balaban J connectivity index is 2.90. The van der Waals surface area contributed by atoms with Crippen LogP contribution in [0.4, 0.5) is 17.6 Å². The lowest BCUT2D eigenvalue weighted by Gasteiger charge is -2.14. The molecule has 0 saturated carbocycles. The number of hydrogen-bond donors (Lipinski definition) is 2. The maximum Gasteiger partial charge on any atom is 0.416 e. The lowest BCUT2D eigenvalue weighted by molar-refractivity contribution is -0.137. The van der Waals surface area contributed by atoms with Gasteiger partial charge in [0.1, 0.15) is 5.82 Å². The number of hydrogen-bond acceptors (Lipinski definition) is 2. The Morgan fingerprint density at radius 2 is 1.88 bits per heavy atom.